The molecule has 16 heavy (non-hydrogen) atoms. The number of unbranched alkanes of at least 4 members (excludes halogenated alkanes) is 1. The fraction of sp³-hybridized carbons (Fsp3) is 1.00. The van der Waals surface area contributed by atoms with Crippen molar-refractivity contribution in [2.75, 3.05) is 26.3 Å². The summed E-state index contributed by atoms with van der Waals surface area (Å²) in [5.41, 5.74) is 11.0. The minimum Gasteiger partial charge on any atom is -0.352 e. The van der Waals surface area contributed by atoms with Gasteiger partial charge >= 0.3 is 0 Å². The molecule has 0 rings (SSSR count). The topological polar surface area (TPSA) is 70.5 Å². The normalized spacial score (nSPS) is 14.1. The number of ether oxygens (including phenoxy) is 2. The molecule has 0 radical (unpaired) electrons. The van der Waals surface area contributed by atoms with Gasteiger partial charge < -0.3 is 20.9 Å². The van der Waals surface area contributed by atoms with Crippen LogP contribution in [0.3, 0.4) is 0 Å². The average molecular weight is 232 g/mol. The lowest BCUT2D eigenvalue weighted by atomic mass is 9.93. The van der Waals surface area contributed by atoms with Crippen LogP contribution in [0.15, 0.2) is 0 Å². The van der Waals surface area contributed by atoms with Crippen LogP contribution in [0.2, 0.25) is 0 Å². The van der Waals surface area contributed by atoms with Crippen LogP contribution in [0.4, 0.5) is 0 Å². The van der Waals surface area contributed by atoms with Gasteiger partial charge in [-0.2, -0.15) is 0 Å². The third kappa shape index (κ3) is 6.43. The van der Waals surface area contributed by atoms with Gasteiger partial charge in [-0.3, -0.25) is 0 Å². The second-order valence-electron chi connectivity index (χ2n) is 4.76. The molecule has 1 unspecified atom stereocenters. The second kappa shape index (κ2) is 8.93. The molecule has 0 amide bonds. The zero-order chi connectivity index (χ0) is 12.4. The highest BCUT2D eigenvalue weighted by Gasteiger charge is 2.29. The van der Waals surface area contributed by atoms with Gasteiger partial charge in [0, 0.05) is 18.6 Å². The van der Waals surface area contributed by atoms with Crippen LogP contribution in [0.1, 0.15) is 40.0 Å². The molecular weight excluding hydrogens is 204 g/mol. The molecular formula is C12H28N2O2. The Hall–Kier alpha value is -0.160. The Kier molecular flexibility index (Phi) is 8.84. The van der Waals surface area contributed by atoms with Crippen LogP contribution in [-0.2, 0) is 9.47 Å². The predicted molar refractivity (Wildman–Crippen MR) is 67.1 cm³/mol. The lowest BCUT2D eigenvalue weighted by molar-refractivity contribution is -0.196. The number of hydrogen-bond acceptors (Lipinski definition) is 4. The highest BCUT2D eigenvalue weighted by molar-refractivity contribution is 4.74. The number of hydrogen-bond donors (Lipinski definition) is 2. The van der Waals surface area contributed by atoms with Gasteiger partial charge in [-0.15, -0.1) is 0 Å². The predicted octanol–water partition coefficient (Wildman–Crippen LogP) is 1.48. The van der Waals surface area contributed by atoms with E-state index in [1.54, 1.807) is 0 Å². The van der Waals surface area contributed by atoms with E-state index < -0.39 is 0 Å². The van der Waals surface area contributed by atoms with Gasteiger partial charge in [-0.1, -0.05) is 27.2 Å². The maximum Gasteiger partial charge on any atom is 0.163 e. The van der Waals surface area contributed by atoms with Gasteiger partial charge in [0.05, 0.1) is 6.61 Å². The third-order valence-electron chi connectivity index (χ3n) is 2.55. The Morgan fingerprint density at radius 3 is 2.06 bits per heavy atom. The van der Waals surface area contributed by atoms with Crippen molar-refractivity contribution >= 4 is 0 Å². The van der Waals surface area contributed by atoms with E-state index in [1.165, 1.54) is 0 Å². The smallest absolute Gasteiger partial charge is 0.163 e. The van der Waals surface area contributed by atoms with Crippen LogP contribution in [0.5, 0.6) is 0 Å². The Bertz CT molecular complexity index is 153. The molecule has 0 aliphatic carbocycles. The van der Waals surface area contributed by atoms with Crippen LogP contribution in [0.25, 0.3) is 0 Å². The maximum atomic E-state index is 5.74. The van der Waals surface area contributed by atoms with E-state index >= 15 is 0 Å². The van der Waals surface area contributed by atoms with E-state index in [0.29, 0.717) is 19.7 Å². The van der Waals surface area contributed by atoms with Crippen LogP contribution in [0, 0.1) is 5.41 Å². The lowest BCUT2D eigenvalue weighted by Gasteiger charge is -2.32. The molecule has 0 aliphatic rings. The molecule has 4 N–H and O–H groups in total. The fourth-order valence-electron chi connectivity index (χ4n) is 1.20. The molecule has 0 heterocycles. The van der Waals surface area contributed by atoms with Crippen molar-refractivity contribution in [3.05, 3.63) is 0 Å². The van der Waals surface area contributed by atoms with E-state index in [9.17, 15) is 0 Å². The second-order valence-corrected chi connectivity index (χ2v) is 4.76. The summed E-state index contributed by atoms with van der Waals surface area (Å²) in [6, 6.07) is 0. The van der Waals surface area contributed by atoms with E-state index in [2.05, 4.69) is 20.8 Å². The van der Waals surface area contributed by atoms with Crippen molar-refractivity contribution in [1.82, 2.24) is 0 Å². The summed E-state index contributed by atoms with van der Waals surface area (Å²) in [5.74, 6) is 0. The first-order valence-electron chi connectivity index (χ1n) is 6.21. The maximum absolute atomic E-state index is 5.74. The molecule has 0 aromatic rings. The molecule has 98 valence electrons. The van der Waals surface area contributed by atoms with Gasteiger partial charge in [-0.25, -0.2) is 0 Å². The summed E-state index contributed by atoms with van der Waals surface area (Å²) in [6.45, 7) is 8.82. The molecule has 0 aliphatic heterocycles. The fourth-order valence-corrected chi connectivity index (χ4v) is 1.20. The first-order chi connectivity index (χ1) is 7.58. The van der Waals surface area contributed by atoms with Crippen molar-refractivity contribution in [2.45, 2.75) is 46.3 Å². The molecule has 0 saturated heterocycles. The van der Waals surface area contributed by atoms with Gasteiger partial charge in [-0.05, 0) is 19.4 Å². The van der Waals surface area contributed by atoms with Gasteiger partial charge in [0.1, 0.15) is 0 Å². The van der Waals surface area contributed by atoms with Gasteiger partial charge in [0.25, 0.3) is 0 Å². The SMILES string of the molecule is CCCCOC(OCCCN)C(C)(C)CN. The summed E-state index contributed by atoms with van der Waals surface area (Å²) < 4.78 is 11.4. The van der Waals surface area contributed by atoms with Crippen LogP contribution >= 0.6 is 0 Å². The number of nitrogens with two attached hydrogens (primary N) is 2. The first kappa shape index (κ1) is 15.8. The summed E-state index contributed by atoms with van der Waals surface area (Å²) in [4.78, 5) is 0. The highest BCUT2D eigenvalue weighted by Crippen LogP contribution is 2.23. The van der Waals surface area contributed by atoms with Crippen molar-refractivity contribution in [3.8, 4) is 0 Å². The highest BCUT2D eigenvalue weighted by atomic mass is 16.7. The zero-order valence-corrected chi connectivity index (χ0v) is 11.0. The van der Waals surface area contributed by atoms with Gasteiger partial charge in [0.2, 0.25) is 0 Å². The van der Waals surface area contributed by atoms with Gasteiger partial charge in [0.15, 0.2) is 6.29 Å². The Balaban J connectivity index is 4.05. The molecule has 0 saturated carbocycles. The first-order valence-corrected chi connectivity index (χ1v) is 6.21. The lowest BCUT2D eigenvalue weighted by Crippen LogP contribution is -2.40. The average Bonchev–Trinajstić information content (AvgIpc) is 2.27. The minimum absolute atomic E-state index is 0.150. The standard InChI is InChI=1S/C12H28N2O2/c1-4-5-8-15-11(12(2,3)10-14)16-9-6-7-13/h11H,4-10,13-14H2,1-3H3. The molecule has 0 aromatic carbocycles. The van der Waals surface area contributed by atoms with E-state index in [1.807, 2.05) is 0 Å². The quantitative estimate of drug-likeness (QED) is 0.442. The van der Waals surface area contributed by atoms with E-state index in [0.717, 1.165) is 25.9 Å². The van der Waals surface area contributed by atoms with Crippen molar-refractivity contribution in [3.63, 3.8) is 0 Å². The molecule has 0 fully saturated rings. The van der Waals surface area contributed by atoms with E-state index in [-0.39, 0.29) is 11.7 Å². The molecule has 4 nitrogen and oxygen atoms in total. The van der Waals surface area contributed by atoms with Crippen molar-refractivity contribution < 1.29 is 9.47 Å². The summed E-state index contributed by atoms with van der Waals surface area (Å²) in [6.07, 6.45) is 2.81. The largest absolute Gasteiger partial charge is 0.352 e. The Labute approximate surface area is 99.7 Å². The monoisotopic (exact) mass is 232 g/mol. The van der Waals surface area contributed by atoms with Crippen LogP contribution < -0.4 is 11.5 Å². The molecule has 1 atom stereocenters. The third-order valence-corrected chi connectivity index (χ3v) is 2.55. The minimum atomic E-state index is -0.226. The molecule has 4 heteroatoms. The molecule has 0 aromatic heterocycles. The summed E-state index contributed by atoms with van der Waals surface area (Å²) >= 11 is 0. The number of rotatable bonds is 10. The van der Waals surface area contributed by atoms with Crippen molar-refractivity contribution in [1.29, 1.82) is 0 Å². The Morgan fingerprint density at radius 2 is 1.62 bits per heavy atom. The summed E-state index contributed by atoms with van der Waals surface area (Å²) in [5, 5.41) is 0. The summed E-state index contributed by atoms with van der Waals surface area (Å²) in [7, 11) is 0. The zero-order valence-electron chi connectivity index (χ0n) is 11.0. The van der Waals surface area contributed by atoms with Crippen molar-refractivity contribution in [2.24, 2.45) is 16.9 Å². The van der Waals surface area contributed by atoms with Crippen LogP contribution in [-0.4, -0.2) is 32.6 Å². The Morgan fingerprint density at radius 1 is 1.06 bits per heavy atom. The van der Waals surface area contributed by atoms with E-state index in [4.69, 9.17) is 20.9 Å². The molecule has 0 bridgehead atoms. The molecule has 0 spiro atoms.